The van der Waals surface area contributed by atoms with E-state index in [0.29, 0.717) is 6.04 Å². The zero-order valence-electron chi connectivity index (χ0n) is 12.4. The van der Waals surface area contributed by atoms with Crippen LogP contribution in [-0.2, 0) is 6.42 Å². The van der Waals surface area contributed by atoms with Crippen molar-refractivity contribution >= 4 is 11.6 Å². The summed E-state index contributed by atoms with van der Waals surface area (Å²) < 4.78 is 0. The average molecular weight is 296 g/mol. The maximum atomic E-state index is 9.72. The Morgan fingerprint density at radius 3 is 2.77 bits per heavy atom. The summed E-state index contributed by atoms with van der Waals surface area (Å²) in [5.74, 6) is 2.61. The maximum Gasteiger partial charge on any atom is 0.163 e. The smallest absolute Gasteiger partial charge is 0.163 e. The van der Waals surface area contributed by atoms with Crippen LogP contribution >= 0.6 is 0 Å². The Balaban J connectivity index is 1.69. The molecule has 0 radical (unpaired) electrons. The second-order valence-electron chi connectivity index (χ2n) is 6.07. The number of hydrogen-bond acceptors (Lipinski definition) is 5. The third kappa shape index (κ3) is 2.52. The highest BCUT2D eigenvalue weighted by atomic mass is 16.3. The number of fused-ring (bicyclic) bond motifs is 1. The molecule has 2 aliphatic rings. The quantitative estimate of drug-likeness (QED) is 0.811. The molecular formula is C17H20N4O. The number of nitrogens with one attached hydrogen (secondary N) is 2. The van der Waals surface area contributed by atoms with Gasteiger partial charge in [-0.15, -0.1) is 0 Å². The highest BCUT2D eigenvalue weighted by Gasteiger charge is 2.26. The van der Waals surface area contributed by atoms with Crippen LogP contribution in [-0.4, -0.2) is 33.8 Å². The van der Waals surface area contributed by atoms with Gasteiger partial charge in [-0.25, -0.2) is 9.97 Å². The SMILES string of the molecule is O[C@@H]1CC[C@H](Nc2nc(-c3ccccc3)nc3c2CCN3)C1. The molecule has 2 atom stereocenters. The van der Waals surface area contributed by atoms with Gasteiger partial charge in [0.25, 0.3) is 0 Å². The van der Waals surface area contributed by atoms with Crippen LogP contribution in [0, 0.1) is 0 Å². The summed E-state index contributed by atoms with van der Waals surface area (Å²) in [4.78, 5) is 9.42. The summed E-state index contributed by atoms with van der Waals surface area (Å²) in [5.41, 5.74) is 2.19. The molecule has 1 aliphatic heterocycles. The third-order valence-corrected chi connectivity index (χ3v) is 4.45. The number of anilines is 2. The molecule has 2 aromatic rings. The molecule has 0 amide bonds. The Morgan fingerprint density at radius 2 is 2.00 bits per heavy atom. The number of rotatable bonds is 3. The second-order valence-corrected chi connectivity index (χ2v) is 6.07. The lowest BCUT2D eigenvalue weighted by Gasteiger charge is -2.16. The van der Waals surface area contributed by atoms with Crippen molar-refractivity contribution in [3.05, 3.63) is 35.9 Å². The van der Waals surface area contributed by atoms with Crippen LogP contribution in [0.1, 0.15) is 24.8 Å². The van der Waals surface area contributed by atoms with E-state index in [-0.39, 0.29) is 6.10 Å². The summed E-state index contributed by atoms with van der Waals surface area (Å²) in [7, 11) is 0. The lowest BCUT2D eigenvalue weighted by atomic mass is 10.1. The number of hydrogen-bond donors (Lipinski definition) is 3. The molecule has 1 aromatic carbocycles. The van der Waals surface area contributed by atoms with E-state index >= 15 is 0 Å². The third-order valence-electron chi connectivity index (χ3n) is 4.45. The molecule has 5 nitrogen and oxygen atoms in total. The first-order valence-electron chi connectivity index (χ1n) is 7.94. The van der Waals surface area contributed by atoms with Gasteiger partial charge in [0.05, 0.1) is 6.10 Å². The molecule has 4 rings (SSSR count). The van der Waals surface area contributed by atoms with Crippen molar-refractivity contribution in [1.82, 2.24) is 9.97 Å². The number of nitrogens with zero attached hydrogens (tertiary/aromatic N) is 2. The van der Waals surface area contributed by atoms with Crippen LogP contribution in [0.25, 0.3) is 11.4 Å². The highest BCUT2D eigenvalue weighted by Crippen LogP contribution is 2.31. The van der Waals surface area contributed by atoms with Gasteiger partial charge in [0, 0.05) is 23.7 Å². The molecule has 3 N–H and O–H groups in total. The molecule has 0 unspecified atom stereocenters. The van der Waals surface area contributed by atoms with E-state index in [4.69, 9.17) is 4.98 Å². The minimum absolute atomic E-state index is 0.181. The van der Waals surface area contributed by atoms with Gasteiger partial charge in [-0.05, 0) is 25.7 Å². The molecule has 0 spiro atoms. The van der Waals surface area contributed by atoms with E-state index in [1.165, 1.54) is 5.56 Å². The van der Waals surface area contributed by atoms with Crippen LogP contribution in [0.15, 0.2) is 30.3 Å². The molecule has 5 heteroatoms. The minimum Gasteiger partial charge on any atom is -0.393 e. The van der Waals surface area contributed by atoms with Crippen LogP contribution < -0.4 is 10.6 Å². The first-order valence-corrected chi connectivity index (χ1v) is 7.94. The Kier molecular flexibility index (Phi) is 3.42. The number of aromatic nitrogens is 2. The first kappa shape index (κ1) is 13.5. The fourth-order valence-electron chi connectivity index (χ4n) is 3.29. The van der Waals surface area contributed by atoms with Crippen LogP contribution in [0.5, 0.6) is 0 Å². The van der Waals surface area contributed by atoms with Crippen molar-refractivity contribution in [2.45, 2.75) is 37.8 Å². The Morgan fingerprint density at radius 1 is 1.14 bits per heavy atom. The second kappa shape index (κ2) is 5.57. The molecule has 22 heavy (non-hydrogen) atoms. The zero-order chi connectivity index (χ0) is 14.9. The van der Waals surface area contributed by atoms with E-state index in [1.54, 1.807) is 0 Å². The summed E-state index contributed by atoms with van der Waals surface area (Å²) in [6, 6.07) is 10.4. The van der Waals surface area contributed by atoms with E-state index in [2.05, 4.69) is 15.6 Å². The fourth-order valence-corrected chi connectivity index (χ4v) is 3.29. The molecule has 0 bridgehead atoms. The summed E-state index contributed by atoms with van der Waals surface area (Å²) in [6.45, 7) is 0.907. The molecule has 0 saturated heterocycles. The number of benzene rings is 1. The van der Waals surface area contributed by atoms with E-state index in [1.807, 2.05) is 30.3 Å². The lowest BCUT2D eigenvalue weighted by molar-refractivity contribution is 0.182. The van der Waals surface area contributed by atoms with Gasteiger partial charge < -0.3 is 15.7 Å². The largest absolute Gasteiger partial charge is 0.393 e. The van der Waals surface area contributed by atoms with Crippen molar-refractivity contribution in [3.63, 3.8) is 0 Å². The standard InChI is InChI=1S/C17H20N4O/c22-13-7-6-12(10-13)19-17-14-8-9-18-16(14)20-15(21-17)11-4-2-1-3-5-11/h1-5,12-13,22H,6-10H2,(H2,18,19,20,21)/t12-,13+/m0/s1. The molecule has 1 aromatic heterocycles. The van der Waals surface area contributed by atoms with Gasteiger partial charge in [0.1, 0.15) is 11.6 Å². The number of aliphatic hydroxyl groups is 1. The van der Waals surface area contributed by atoms with Gasteiger partial charge in [-0.3, -0.25) is 0 Å². The predicted octanol–water partition coefficient (Wildman–Crippen LogP) is 2.44. The van der Waals surface area contributed by atoms with Gasteiger partial charge >= 0.3 is 0 Å². The van der Waals surface area contributed by atoms with Crippen molar-refractivity contribution in [2.24, 2.45) is 0 Å². The first-order chi connectivity index (χ1) is 10.8. The molecule has 114 valence electrons. The van der Waals surface area contributed by atoms with Crippen molar-refractivity contribution in [3.8, 4) is 11.4 Å². The van der Waals surface area contributed by atoms with Gasteiger partial charge in [0.2, 0.25) is 0 Å². The minimum atomic E-state index is -0.181. The van der Waals surface area contributed by atoms with Crippen molar-refractivity contribution in [2.75, 3.05) is 17.2 Å². The molecule has 1 fully saturated rings. The van der Waals surface area contributed by atoms with Gasteiger partial charge in [0.15, 0.2) is 5.82 Å². The normalized spacial score (nSPS) is 23.1. The average Bonchev–Trinajstić information content (AvgIpc) is 3.17. The van der Waals surface area contributed by atoms with Crippen LogP contribution in [0.2, 0.25) is 0 Å². The van der Waals surface area contributed by atoms with E-state index in [0.717, 1.165) is 55.3 Å². The van der Waals surface area contributed by atoms with E-state index < -0.39 is 0 Å². The topological polar surface area (TPSA) is 70.1 Å². The molecule has 2 heterocycles. The maximum absolute atomic E-state index is 9.72. The molecule has 1 saturated carbocycles. The fraction of sp³-hybridized carbons (Fsp3) is 0.412. The van der Waals surface area contributed by atoms with E-state index in [9.17, 15) is 5.11 Å². The number of aliphatic hydroxyl groups excluding tert-OH is 1. The predicted molar refractivity (Wildman–Crippen MR) is 86.9 cm³/mol. The Labute approximate surface area is 129 Å². The van der Waals surface area contributed by atoms with Crippen LogP contribution in [0.4, 0.5) is 11.6 Å². The molecule has 1 aliphatic carbocycles. The summed E-state index contributed by atoms with van der Waals surface area (Å²) in [6.07, 6.45) is 3.43. The van der Waals surface area contributed by atoms with Crippen molar-refractivity contribution < 1.29 is 5.11 Å². The Hall–Kier alpha value is -2.14. The van der Waals surface area contributed by atoms with Crippen LogP contribution in [0.3, 0.4) is 0 Å². The molecular weight excluding hydrogens is 276 g/mol. The Bertz CT molecular complexity index is 674. The summed E-state index contributed by atoms with van der Waals surface area (Å²) in [5, 5.41) is 16.6. The van der Waals surface area contributed by atoms with Gasteiger partial charge in [-0.1, -0.05) is 30.3 Å². The van der Waals surface area contributed by atoms with Gasteiger partial charge in [-0.2, -0.15) is 0 Å². The highest BCUT2D eigenvalue weighted by molar-refractivity contribution is 5.67. The zero-order valence-corrected chi connectivity index (χ0v) is 12.4. The van der Waals surface area contributed by atoms with Crippen molar-refractivity contribution in [1.29, 1.82) is 0 Å². The lowest BCUT2D eigenvalue weighted by Crippen LogP contribution is -2.19. The monoisotopic (exact) mass is 296 g/mol. The summed E-state index contributed by atoms with van der Waals surface area (Å²) >= 11 is 0.